The second kappa shape index (κ2) is 6.70. The summed E-state index contributed by atoms with van der Waals surface area (Å²) in [7, 11) is -2.91. The van der Waals surface area contributed by atoms with Crippen LogP contribution in [0.5, 0.6) is 5.75 Å². The van der Waals surface area contributed by atoms with Crippen LogP contribution in [0, 0.1) is 0 Å². The number of sulfone groups is 1. The maximum Gasteiger partial charge on any atom is 0.147 e. The van der Waals surface area contributed by atoms with Crippen LogP contribution in [-0.4, -0.2) is 32.0 Å². The van der Waals surface area contributed by atoms with Gasteiger partial charge in [0.1, 0.15) is 15.6 Å². The number of hydrogen-bond donors (Lipinski definition) is 1. The summed E-state index contributed by atoms with van der Waals surface area (Å²) >= 11 is 4.82. The van der Waals surface area contributed by atoms with Crippen LogP contribution in [-0.2, 0) is 16.3 Å². The van der Waals surface area contributed by atoms with Crippen LogP contribution in [0.15, 0.2) is 24.3 Å². The summed E-state index contributed by atoms with van der Waals surface area (Å²) in [6.45, 7) is 0.391. The van der Waals surface area contributed by atoms with Crippen LogP contribution >= 0.6 is 12.2 Å². The van der Waals surface area contributed by atoms with E-state index in [0.29, 0.717) is 24.4 Å². The van der Waals surface area contributed by atoms with E-state index in [1.54, 1.807) is 0 Å². The Kier molecular flexibility index (Phi) is 5.55. The van der Waals surface area contributed by atoms with Crippen molar-refractivity contribution < 1.29 is 13.2 Å². The first-order chi connectivity index (χ1) is 8.37. The molecule has 100 valence electrons. The quantitative estimate of drug-likeness (QED) is 0.605. The summed E-state index contributed by atoms with van der Waals surface area (Å²) in [5, 5.41) is 0. The Bertz CT molecular complexity index is 495. The molecule has 0 heterocycles. The molecule has 0 aliphatic heterocycles. The minimum Gasteiger partial charge on any atom is -0.494 e. The van der Waals surface area contributed by atoms with Gasteiger partial charge >= 0.3 is 0 Å². The van der Waals surface area contributed by atoms with E-state index in [2.05, 4.69) is 0 Å². The average Bonchev–Trinajstić information content (AvgIpc) is 2.24. The predicted octanol–water partition coefficient (Wildman–Crippen LogP) is 1.33. The van der Waals surface area contributed by atoms with E-state index in [1.165, 1.54) is 6.26 Å². The van der Waals surface area contributed by atoms with Crippen LogP contribution in [0.25, 0.3) is 0 Å². The molecule has 6 heteroatoms. The molecule has 2 N–H and O–H groups in total. The number of rotatable bonds is 7. The van der Waals surface area contributed by atoms with Crippen LogP contribution in [0.4, 0.5) is 0 Å². The molecule has 18 heavy (non-hydrogen) atoms. The molecular formula is C12H17NO3S2. The van der Waals surface area contributed by atoms with E-state index < -0.39 is 9.84 Å². The first-order valence-corrected chi connectivity index (χ1v) is 8.01. The van der Waals surface area contributed by atoms with Crippen molar-refractivity contribution in [1.82, 2.24) is 0 Å². The van der Waals surface area contributed by atoms with Crippen molar-refractivity contribution in [2.75, 3.05) is 18.6 Å². The van der Waals surface area contributed by atoms with Crippen molar-refractivity contribution in [3.8, 4) is 5.75 Å². The lowest BCUT2D eigenvalue weighted by atomic mass is 10.1. The molecule has 4 nitrogen and oxygen atoms in total. The first-order valence-electron chi connectivity index (χ1n) is 5.54. The van der Waals surface area contributed by atoms with E-state index >= 15 is 0 Å². The molecular weight excluding hydrogens is 270 g/mol. The number of thiocarbonyl (C=S) groups is 1. The molecule has 0 aromatic heterocycles. The normalized spacial score (nSPS) is 11.2. The molecule has 0 unspecified atom stereocenters. The topological polar surface area (TPSA) is 69.4 Å². The van der Waals surface area contributed by atoms with Crippen molar-refractivity contribution in [3.63, 3.8) is 0 Å². The third kappa shape index (κ3) is 6.56. The molecule has 0 bridgehead atoms. The zero-order valence-electron chi connectivity index (χ0n) is 10.3. The van der Waals surface area contributed by atoms with Crippen LogP contribution < -0.4 is 10.5 Å². The van der Waals surface area contributed by atoms with E-state index in [1.807, 2.05) is 24.3 Å². The molecule has 1 aromatic carbocycles. The average molecular weight is 287 g/mol. The molecule has 0 fully saturated rings. The summed E-state index contributed by atoms with van der Waals surface area (Å²) in [5.41, 5.74) is 6.48. The molecule has 0 aliphatic rings. The highest BCUT2D eigenvalue weighted by Crippen LogP contribution is 2.13. The molecule has 1 rings (SSSR count). The Morgan fingerprint density at radius 1 is 1.33 bits per heavy atom. The standard InChI is InChI=1S/C12H17NO3S2/c1-18(14,15)8-2-7-16-11-5-3-10(4-6-11)9-12(13)17/h3-6H,2,7-9H2,1H3,(H2,13,17). The van der Waals surface area contributed by atoms with Gasteiger partial charge in [-0.2, -0.15) is 0 Å². The van der Waals surface area contributed by atoms with Gasteiger partial charge in [0, 0.05) is 12.7 Å². The summed E-state index contributed by atoms with van der Waals surface area (Å²) < 4.78 is 27.3. The molecule has 0 radical (unpaired) electrons. The zero-order valence-corrected chi connectivity index (χ0v) is 11.9. The molecule has 0 amide bonds. The van der Waals surface area contributed by atoms with Crippen LogP contribution in [0.2, 0.25) is 0 Å². The third-order valence-electron chi connectivity index (χ3n) is 2.23. The molecule has 1 aromatic rings. The molecule has 0 saturated heterocycles. The minimum atomic E-state index is -2.91. The molecule has 0 aliphatic carbocycles. The highest BCUT2D eigenvalue weighted by Gasteiger charge is 2.02. The fraction of sp³-hybridized carbons (Fsp3) is 0.417. The van der Waals surface area contributed by atoms with Crippen molar-refractivity contribution in [3.05, 3.63) is 29.8 Å². The van der Waals surface area contributed by atoms with E-state index in [9.17, 15) is 8.42 Å². The summed E-state index contributed by atoms with van der Waals surface area (Å²) in [6, 6.07) is 7.44. The van der Waals surface area contributed by atoms with Crippen molar-refractivity contribution in [2.45, 2.75) is 12.8 Å². The van der Waals surface area contributed by atoms with Crippen molar-refractivity contribution in [1.29, 1.82) is 0 Å². The fourth-order valence-corrected chi connectivity index (χ4v) is 2.22. The predicted molar refractivity (Wildman–Crippen MR) is 76.8 cm³/mol. The zero-order chi connectivity index (χ0) is 13.6. The second-order valence-corrected chi connectivity index (χ2v) is 6.90. The van der Waals surface area contributed by atoms with Crippen molar-refractivity contribution in [2.24, 2.45) is 5.73 Å². The van der Waals surface area contributed by atoms with Gasteiger partial charge in [-0.3, -0.25) is 0 Å². The van der Waals surface area contributed by atoms with E-state index in [4.69, 9.17) is 22.7 Å². The maximum absolute atomic E-state index is 10.9. The smallest absolute Gasteiger partial charge is 0.147 e. The monoisotopic (exact) mass is 287 g/mol. The fourth-order valence-electron chi connectivity index (χ4n) is 1.42. The SMILES string of the molecule is CS(=O)(=O)CCCOc1ccc(CC(N)=S)cc1. The lowest BCUT2D eigenvalue weighted by Gasteiger charge is -2.06. The number of nitrogens with two attached hydrogens (primary N) is 1. The van der Waals surface area contributed by atoms with Gasteiger partial charge in [0.15, 0.2) is 0 Å². The Hall–Kier alpha value is -1.14. The van der Waals surface area contributed by atoms with E-state index in [-0.39, 0.29) is 5.75 Å². The number of benzene rings is 1. The lowest BCUT2D eigenvalue weighted by molar-refractivity contribution is 0.317. The Morgan fingerprint density at radius 2 is 1.94 bits per heavy atom. The largest absolute Gasteiger partial charge is 0.494 e. The molecule has 0 spiro atoms. The van der Waals surface area contributed by atoms with Gasteiger partial charge in [0.25, 0.3) is 0 Å². The Balaban J connectivity index is 2.37. The van der Waals surface area contributed by atoms with Crippen LogP contribution in [0.3, 0.4) is 0 Å². The number of ether oxygens (including phenoxy) is 1. The van der Waals surface area contributed by atoms with Gasteiger partial charge in [-0.25, -0.2) is 8.42 Å². The molecule has 0 saturated carbocycles. The van der Waals surface area contributed by atoms with Gasteiger partial charge in [-0.1, -0.05) is 24.4 Å². The molecule has 0 atom stereocenters. The van der Waals surface area contributed by atoms with Gasteiger partial charge < -0.3 is 10.5 Å². The number of hydrogen-bond acceptors (Lipinski definition) is 4. The van der Waals surface area contributed by atoms with Crippen LogP contribution in [0.1, 0.15) is 12.0 Å². The lowest BCUT2D eigenvalue weighted by Crippen LogP contribution is -2.11. The third-order valence-corrected chi connectivity index (χ3v) is 3.40. The summed E-state index contributed by atoms with van der Waals surface area (Å²) in [6.07, 6.45) is 2.29. The Labute approximate surface area is 113 Å². The van der Waals surface area contributed by atoms with E-state index in [0.717, 1.165) is 11.3 Å². The maximum atomic E-state index is 10.9. The van der Waals surface area contributed by atoms with Crippen molar-refractivity contribution >= 4 is 27.0 Å². The van der Waals surface area contributed by atoms with Gasteiger partial charge in [0.05, 0.1) is 17.3 Å². The highest BCUT2D eigenvalue weighted by atomic mass is 32.2. The summed E-state index contributed by atoms with van der Waals surface area (Å²) in [5.74, 6) is 0.863. The van der Waals surface area contributed by atoms with Gasteiger partial charge in [-0.05, 0) is 24.1 Å². The Morgan fingerprint density at radius 3 is 2.44 bits per heavy atom. The summed E-state index contributed by atoms with van der Waals surface area (Å²) in [4.78, 5) is 0.455. The highest BCUT2D eigenvalue weighted by molar-refractivity contribution is 7.90. The van der Waals surface area contributed by atoms with Gasteiger partial charge in [-0.15, -0.1) is 0 Å². The first kappa shape index (κ1) is 14.9. The second-order valence-electron chi connectivity index (χ2n) is 4.12. The minimum absolute atomic E-state index is 0.145. The van der Waals surface area contributed by atoms with Gasteiger partial charge in [0.2, 0.25) is 0 Å².